The van der Waals surface area contributed by atoms with Crippen molar-refractivity contribution in [3.8, 4) is 0 Å². The average Bonchev–Trinajstić information content (AvgIpc) is 3.11. The molecule has 1 aliphatic rings. The molecule has 0 bridgehead atoms. The first-order valence-electron chi connectivity index (χ1n) is 7.34. The number of ether oxygens (including phenoxy) is 1. The van der Waals surface area contributed by atoms with Crippen LogP contribution in [0.3, 0.4) is 0 Å². The van der Waals surface area contributed by atoms with Gasteiger partial charge in [-0.2, -0.15) is 0 Å². The molecule has 2 aromatic rings. The maximum atomic E-state index is 12.3. The van der Waals surface area contributed by atoms with Crippen LogP contribution in [0.4, 0.5) is 0 Å². The SMILES string of the molecule is CCOC(=O)C1=NC(NC(=O)c2cc3ccccc3o2)CN1C. The summed E-state index contributed by atoms with van der Waals surface area (Å²) in [5.74, 6) is -0.431. The highest BCUT2D eigenvalue weighted by Crippen LogP contribution is 2.19. The van der Waals surface area contributed by atoms with Crippen molar-refractivity contribution >= 4 is 28.7 Å². The lowest BCUT2D eigenvalue weighted by Crippen LogP contribution is -2.37. The Hall–Kier alpha value is -2.83. The second-order valence-corrected chi connectivity index (χ2v) is 5.19. The first-order chi connectivity index (χ1) is 11.1. The molecule has 1 atom stereocenters. The minimum Gasteiger partial charge on any atom is -0.460 e. The molecular weight excluding hydrogens is 298 g/mol. The van der Waals surface area contributed by atoms with Crippen molar-refractivity contribution in [2.24, 2.45) is 4.99 Å². The topological polar surface area (TPSA) is 84.1 Å². The molecule has 0 radical (unpaired) electrons. The van der Waals surface area contributed by atoms with Crippen LogP contribution in [0.1, 0.15) is 17.5 Å². The van der Waals surface area contributed by atoms with Crippen LogP contribution in [-0.4, -0.2) is 49.0 Å². The summed E-state index contributed by atoms with van der Waals surface area (Å²) in [4.78, 5) is 29.9. The number of hydrogen-bond donors (Lipinski definition) is 1. The number of likely N-dealkylation sites (N-methyl/N-ethyl adjacent to an activating group) is 1. The van der Waals surface area contributed by atoms with E-state index in [0.29, 0.717) is 12.1 Å². The number of esters is 1. The number of carbonyl (C=O) groups excluding carboxylic acids is 2. The second-order valence-electron chi connectivity index (χ2n) is 5.19. The molecule has 1 aromatic carbocycles. The van der Waals surface area contributed by atoms with E-state index in [9.17, 15) is 9.59 Å². The number of aliphatic imine (C=N–C) groups is 1. The van der Waals surface area contributed by atoms with Gasteiger partial charge in [0, 0.05) is 12.4 Å². The molecule has 0 aliphatic carbocycles. The largest absolute Gasteiger partial charge is 0.460 e. The van der Waals surface area contributed by atoms with Crippen LogP contribution in [0.5, 0.6) is 0 Å². The fourth-order valence-electron chi connectivity index (χ4n) is 2.43. The Morgan fingerprint density at radius 2 is 2.22 bits per heavy atom. The van der Waals surface area contributed by atoms with Crippen LogP contribution in [0, 0.1) is 0 Å². The van der Waals surface area contributed by atoms with Gasteiger partial charge in [-0.15, -0.1) is 0 Å². The number of benzene rings is 1. The van der Waals surface area contributed by atoms with Crippen molar-refractivity contribution in [3.05, 3.63) is 36.1 Å². The highest BCUT2D eigenvalue weighted by molar-refractivity contribution is 6.35. The average molecular weight is 315 g/mol. The predicted octanol–water partition coefficient (Wildman–Crippen LogP) is 1.40. The van der Waals surface area contributed by atoms with Crippen molar-refractivity contribution < 1.29 is 18.7 Å². The summed E-state index contributed by atoms with van der Waals surface area (Å²) in [5.41, 5.74) is 0.650. The molecule has 1 aromatic heterocycles. The van der Waals surface area contributed by atoms with Crippen molar-refractivity contribution in [2.45, 2.75) is 13.1 Å². The normalized spacial score (nSPS) is 17.2. The molecule has 0 fully saturated rings. The van der Waals surface area contributed by atoms with E-state index >= 15 is 0 Å². The smallest absolute Gasteiger partial charge is 0.373 e. The van der Waals surface area contributed by atoms with E-state index in [0.717, 1.165) is 5.39 Å². The van der Waals surface area contributed by atoms with Gasteiger partial charge in [-0.25, -0.2) is 9.79 Å². The number of nitrogens with one attached hydrogen (secondary N) is 1. The summed E-state index contributed by atoms with van der Waals surface area (Å²) >= 11 is 0. The number of para-hydroxylation sites is 1. The molecule has 1 unspecified atom stereocenters. The Balaban J connectivity index is 1.72. The van der Waals surface area contributed by atoms with E-state index in [4.69, 9.17) is 9.15 Å². The number of rotatable bonds is 4. The Labute approximate surface area is 132 Å². The highest BCUT2D eigenvalue weighted by atomic mass is 16.5. The maximum absolute atomic E-state index is 12.3. The van der Waals surface area contributed by atoms with Gasteiger partial charge in [-0.05, 0) is 19.1 Å². The van der Waals surface area contributed by atoms with Gasteiger partial charge in [0.2, 0.25) is 5.84 Å². The van der Waals surface area contributed by atoms with E-state index in [1.54, 1.807) is 31.0 Å². The Morgan fingerprint density at radius 1 is 1.43 bits per heavy atom. The van der Waals surface area contributed by atoms with Crippen molar-refractivity contribution in [3.63, 3.8) is 0 Å². The number of amidine groups is 1. The summed E-state index contributed by atoms with van der Waals surface area (Å²) in [5, 5.41) is 3.60. The third-order valence-electron chi connectivity index (χ3n) is 3.49. The number of carbonyl (C=O) groups is 2. The molecule has 1 N–H and O–H groups in total. The summed E-state index contributed by atoms with van der Waals surface area (Å²) in [6, 6.07) is 9.07. The van der Waals surface area contributed by atoms with Crippen LogP contribution < -0.4 is 5.32 Å². The van der Waals surface area contributed by atoms with Crippen LogP contribution in [0.25, 0.3) is 11.0 Å². The molecule has 0 spiro atoms. The molecular formula is C16H17N3O4. The molecule has 1 amide bonds. The van der Waals surface area contributed by atoms with Crippen LogP contribution in [-0.2, 0) is 9.53 Å². The van der Waals surface area contributed by atoms with Crippen LogP contribution >= 0.6 is 0 Å². The molecule has 0 saturated heterocycles. The zero-order valence-electron chi connectivity index (χ0n) is 12.9. The van der Waals surface area contributed by atoms with Gasteiger partial charge in [-0.1, -0.05) is 18.2 Å². The van der Waals surface area contributed by atoms with E-state index in [-0.39, 0.29) is 24.1 Å². The third-order valence-corrected chi connectivity index (χ3v) is 3.49. The zero-order chi connectivity index (χ0) is 16.4. The Bertz CT molecular complexity index is 747. The lowest BCUT2D eigenvalue weighted by molar-refractivity contribution is -0.135. The van der Waals surface area contributed by atoms with Crippen LogP contribution in [0.15, 0.2) is 39.7 Å². The molecule has 0 saturated carbocycles. The second kappa shape index (κ2) is 6.12. The molecule has 7 heteroatoms. The molecule has 1 aliphatic heterocycles. The number of fused-ring (bicyclic) bond motifs is 1. The number of amides is 1. The summed E-state index contributed by atoms with van der Waals surface area (Å²) < 4.78 is 10.4. The quantitative estimate of drug-likeness (QED) is 0.862. The van der Waals surface area contributed by atoms with E-state index < -0.39 is 12.1 Å². The number of furan rings is 1. The zero-order valence-corrected chi connectivity index (χ0v) is 12.9. The third kappa shape index (κ3) is 3.03. The molecule has 23 heavy (non-hydrogen) atoms. The van der Waals surface area contributed by atoms with Gasteiger partial charge in [0.15, 0.2) is 5.76 Å². The number of hydrogen-bond acceptors (Lipinski definition) is 6. The van der Waals surface area contributed by atoms with Gasteiger partial charge in [0.1, 0.15) is 11.7 Å². The summed E-state index contributed by atoms with van der Waals surface area (Å²) in [6.07, 6.45) is -0.514. The predicted molar refractivity (Wildman–Crippen MR) is 84.2 cm³/mol. The number of nitrogens with zero attached hydrogens (tertiary/aromatic N) is 2. The van der Waals surface area contributed by atoms with Crippen molar-refractivity contribution in [2.75, 3.05) is 20.2 Å². The molecule has 120 valence electrons. The van der Waals surface area contributed by atoms with Gasteiger partial charge >= 0.3 is 5.97 Å². The van der Waals surface area contributed by atoms with Gasteiger partial charge in [0.25, 0.3) is 5.91 Å². The summed E-state index contributed by atoms with van der Waals surface area (Å²) in [6.45, 7) is 2.41. The molecule has 3 rings (SSSR count). The molecule has 2 heterocycles. The van der Waals surface area contributed by atoms with E-state index in [1.165, 1.54) is 0 Å². The Morgan fingerprint density at radius 3 is 2.96 bits per heavy atom. The summed E-state index contributed by atoms with van der Waals surface area (Å²) in [7, 11) is 1.73. The monoisotopic (exact) mass is 315 g/mol. The first kappa shape index (κ1) is 15.1. The van der Waals surface area contributed by atoms with Gasteiger partial charge in [-0.3, -0.25) is 4.79 Å². The van der Waals surface area contributed by atoms with Crippen LogP contribution in [0.2, 0.25) is 0 Å². The van der Waals surface area contributed by atoms with Gasteiger partial charge in [0.05, 0.1) is 13.2 Å². The van der Waals surface area contributed by atoms with E-state index in [1.807, 2.05) is 18.2 Å². The van der Waals surface area contributed by atoms with E-state index in [2.05, 4.69) is 10.3 Å². The van der Waals surface area contributed by atoms with Crippen molar-refractivity contribution in [1.82, 2.24) is 10.2 Å². The maximum Gasteiger partial charge on any atom is 0.373 e. The standard InChI is InChI=1S/C16H17N3O4/c1-3-22-16(21)14-17-13(9-19(14)2)18-15(20)12-8-10-6-4-5-7-11(10)23-12/h4-8,13H,3,9H2,1-2H3,(H,18,20). The first-order valence-corrected chi connectivity index (χ1v) is 7.34. The minimum atomic E-state index is -0.514. The lowest BCUT2D eigenvalue weighted by Gasteiger charge is -2.13. The lowest BCUT2D eigenvalue weighted by atomic mass is 10.2. The fraction of sp³-hybridized carbons (Fsp3) is 0.312. The minimum absolute atomic E-state index is 0.210. The molecule has 7 nitrogen and oxygen atoms in total. The van der Waals surface area contributed by atoms with Gasteiger partial charge < -0.3 is 19.4 Å². The van der Waals surface area contributed by atoms with Crippen molar-refractivity contribution in [1.29, 1.82) is 0 Å². The Kier molecular flexibility index (Phi) is 4.01. The highest BCUT2D eigenvalue weighted by Gasteiger charge is 2.29. The fourth-order valence-corrected chi connectivity index (χ4v) is 2.43.